The Hall–Kier alpha value is -0.970. The molecule has 0 amide bonds. The third kappa shape index (κ3) is 4.77. The van der Waals surface area contributed by atoms with Gasteiger partial charge in [0.15, 0.2) is 0 Å². The van der Waals surface area contributed by atoms with Gasteiger partial charge in [-0.3, -0.25) is 4.98 Å². The van der Waals surface area contributed by atoms with Crippen LogP contribution in [0.2, 0.25) is 5.02 Å². The Morgan fingerprint density at radius 1 is 1.29 bits per heavy atom. The van der Waals surface area contributed by atoms with Crippen LogP contribution in [0.4, 0.5) is 4.39 Å². The molecule has 0 bridgehead atoms. The summed E-state index contributed by atoms with van der Waals surface area (Å²) in [6.45, 7) is 4.14. The minimum Gasteiger partial charge on any atom is -0.306 e. The number of hydrogen-bond donors (Lipinski definition) is 1. The molecular weight excluding hydrogens is 355 g/mol. The van der Waals surface area contributed by atoms with Crippen molar-refractivity contribution in [3.63, 3.8) is 0 Å². The Bertz CT molecular complexity index is 602. The highest BCUT2D eigenvalue weighted by atomic mass is 79.9. The first-order valence-electron chi connectivity index (χ1n) is 6.77. The maximum Gasteiger partial charge on any atom is 0.141 e. The number of hydrogen-bond acceptors (Lipinski definition) is 2. The molecule has 0 radical (unpaired) electrons. The summed E-state index contributed by atoms with van der Waals surface area (Å²) in [5, 5.41) is 4.16. The van der Waals surface area contributed by atoms with Gasteiger partial charge < -0.3 is 5.32 Å². The van der Waals surface area contributed by atoms with Crippen molar-refractivity contribution in [2.75, 3.05) is 0 Å². The van der Waals surface area contributed by atoms with Gasteiger partial charge in [0.2, 0.25) is 0 Å². The van der Waals surface area contributed by atoms with E-state index in [4.69, 9.17) is 11.6 Å². The largest absolute Gasteiger partial charge is 0.306 e. The van der Waals surface area contributed by atoms with Crippen LogP contribution < -0.4 is 5.32 Å². The zero-order valence-corrected chi connectivity index (χ0v) is 14.2. The molecule has 2 aromatic rings. The normalized spacial score (nSPS) is 12.7. The Labute approximate surface area is 137 Å². The molecule has 5 heteroatoms. The summed E-state index contributed by atoms with van der Waals surface area (Å²) in [5.41, 5.74) is 1.84. The number of pyridine rings is 1. The van der Waals surface area contributed by atoms with Gasteiger partial charge in [0, 0.05) is 15.5 Å². The molecule has 0 saturated carbocycles. The third-order valence-electron chi connectivity index (χ3n) is 3.08. The number of nitrogens with one attached hydrogen (secondary N) is 1. The number of nitrogens with zero attached hydrogens (tertiary/aromatic N) is 1. The van der Waals surface area contributed by atoms with Crippen LogP contribution in [0.5, 0.6) is 0 Å². The van der Waals surface area contributed by atoms with Crippen LogP contribution in [0, 0.1) is 5.82 Å². The first-order valence-corrected chi connectivity index (χ1v) is 7.94. The highest BCUT2D eigenvalue weighted by molar-refractivity contribution is 9.10. The Morgan fingerprint density at radius 2 is 2.05 bits per heavy atom. The van der Waals surface area contributed by atoms with Gasteiger partial charge in [0.25, 0.3) is 0 Å². The molecule has 1 unspecified atom stereocenters. The molecule has 1 N–H and O–H groups in total. The number of rotatable bonds is 5. The lowest BCUT2D eigenvalue weighted by atomic mass is 10.0. The SMILES string of the molecule is CC(C)NC(Cc1ccc(Br)cc1Cl)c1ccc(F)cn1. The van der Waals surface area contributed by atoms with Crippen molar-refractivity contribution in [2.45, 2.75) is 32.4 Å². The van der Waals surface area contributed by atoms with Crippen LogP contribution in [0.15, 0.2) is 41.0 Å². The molecule has 1 aromatic carbocycles. The summed E-state index contributed by atoms with van der Waals surface area (Å²) >= 11 is 9.69. The predicted octanol–water partition coefficient (Wildman–Crippen LogP) is 4.92. The van der Waals surface area contributed by atoms with E-state index in [9.17, 15) is 4.39 Å². The lowest BCUT2D eigenvalue weighted by Crippen LogP contribution is -2.30. The highest BCUT2D eigenvalue weighted by Crippen LogP contribution is 2.26. The van der Waals surface area contributed by atoms with Gasteiger partial charge in [0.05, 0.1) is 17.9 Å². The minimum atomic E-state index is -0.330. The van der Waals surface area contributed by atoms with Crippen molar-refractivity contribution in [2.24, 2.45) is 0 Å². The van der Waals surface area contributed by atoms with Crippen molar-refractivity contribution in [1.29, 1.82) is 0 Å². The van der Waals surface area contributed by atoms with Crippen LogP contribution >= 0.6 is 27.5 Å². The average Bonchev–Trinajstić information content (AvgIpc) is 2.41. The fourth-order valence-electron chi connectivity index (χ4n) is 2.15. The van der Waals surface area contributed by atoms with E-state index in [1.807, 2.05) is 18.2 Å². The summed E-state index contributed by atoms with van der Waals surface area (Å²) in [6, 6.07) is 9.25. The molecule has 1 heterocycles. The van der Waals surface area contributed by atoms with Crippen molar-refractivity contribution in [1.82, 2.24) is 10.3 Å². The van der Waals surface area contributed by atoms with Gasteiger partial charge in [-0.1, -0.05) is 47.4 Å². The van der Waals surface area contributed by atoms with Crippen molar-refractivity contribution in [3.8, 4) is 0 Å². The molecule has 1 atom stereocenters. The van der Waals surface area contributed by atoms with Crippen molar-refractivity contribution in [3.05, 3.63) is 63.1 Å². The van der Waals surface area contributed by atoms with E-state index < -0.39 is 0 Å². The first kappa shape index (κ1) is 16.4. The van der Waals surface area contributed by atoms with Crippen LogP contribution in [0.1, 0.15) is 31.1 Å². The minimum absolute atomic E-state index is 0.00993. The summed E-state index contributed by atoms with van der Waals surface area (Å²) in [4.78, 5) is 4.19. The van der Waals surface area contributed by atoms with Gasteiger partial charge in [-0.05, 0) is 36.2 Å². The second kappa shape index (κ2) is 7.34. The van der Waals surface area contributed by atoms with Gasteiger partial charge in [-0.2, -0.15) is 0 Å². The zero-order valence-electron chi connectivity index (χ0n) is 11.9. The average molecular weight is 372 g/mol. The van der Waals surface area contributed by atoms with E-state index in [-0.39, 0.29) is 17.9 Å². The maximum absolute atomic E-state index is 13.0. The highest BCUT2D eigenvalue weighted by Gasteiger charge is 2.16. The van der Waals surface area contributed by atoms with Crippen LogP contribution in [0.25, 0.3) is 0 Å². The second-order valence-electron chi connectivity index (χ2n) is 5.22. The van der Waals surface area contributed by atoms with Crippen molar-refractivity contribution < 1.29 is 4.39 Å². The molecule has 2 nitrogen and oxygen atoms in total. The number of aromatic nitrogens is 1. The van der Waals surface area contributed by atoms with Gasteiger partial charge >= 0.3 is 0 Å². The van der Waals surface area contributed by atoms with E-state index >= 15 is 0 Å². The van der Waals surface area contributed by atoms with E-state index in [1.54, 1.807) is 6.07 Å². The lowest BCUT2D eigenvalue weighted by molar-refractivity contribution is 0.464. The fourth-order valence-corrected chi connectivity index (χ4v) is 2.90. The van der Waals surface area contributed by atoms with Crippen molar-refractivity contribution >= 4 is 27.5 Å². The lowest BCUT2D eigenvalue weighted by Gasteiger charge is -2.21. The molecular formula is C16H17BrClFN2. The van der Waals surface area contributed by atoms with Gasteiger partial charge in [0.1, 0.15) is 5.82 Å². The van der Waals surface area contributed by atoms with Crippen LogP contribution in [0.3, 0.4) is 0 Å². The standard InChI is InChI=1S/C16H17BrClFN2/c1-10(2)21-16(15-6-5-13(19)9-20-15)7-11-3-4-12(17)8-14(11)18/h3-6,8-10,16,21H,7H2,1-2H3. The second-order valence-corrected chi connectivity index (χ2v) is 6.54. The Morgan fingerprint density at radius 3 is 2.62 bits per heavy atom. The van der Waals surface area contributed by atoms with Crippen LogP contribution in [-0.4, -0.2) is 11.0 Å². The van der Waals surface area contributed by atoms with E-state index in [2.05, 4.69) is 40.1 Å². The smallest absolute Gasteiger partial charge is 0.141 e. The molecule has 1 aromatic heterocycles. The van der Waals surface area contributed by atoms with Gasteiger partial charge in [-0.15, -0.1) is 0 Å². The molecule has 0 saturated heterocycles. The van der Waals surface area contributed by atoms with E-state index in [1.165, 1.54) is 12.3 Å². The molecule has 0 aliphatic heterocycles. The molecule has 2 rings (SSSR count). The Balaban J connectivity index is 2.25. The fraction of sp³-hybridized carbons (Fsp3) is 0.312. The molecule has 0 aliphatic carbocycles. The molecule has 21 heavy (non-hydrogen) atoms. The molecule has 0 fully saturated rings. The quantitative estimate of drug-likeness (QED) is 0.807. The Kier molecular flexibility index (Phi) is 5.73. The zero-order chi connectivity index (χ0) is 15.4. The molecule has 0 aliphatic rings. The van der Waals surface area contributed by atoms with Crippen LogP contribution in [-0.2, 0) is 6.42 Å². The van der Waals surface area contributed by atoms with E-state index in [0.717, 1.165) is 15.7 Å². The number of halogens is 3. The summed E-state index contributed by atoms with van der Waals surface area (Å²) in [7, 11) is 0. The summed E-state index contributed by atoms with van der Waals surface area (Å²) in [6.07, 6.45) is 1.94. The summed E-state index contributed by atoms with van der Waals surface area (Å²) < 4.78 is 14.0. The first-order chi connectivity index (χ1) is 9.95. The third-order valence-corrected chi connectivity index (χ3v) is 3.93. The maximum atomic E-state index is 13.0. The summed E-state index contributed by atoms with van der Waals surface area (Å²) in [5.74, 6) is -0.330. The van der Waals surface area contributed by atoms with E-state index in [0.29, 0.717) is 11.4 Å². The molecule has 0 spiro atoms. The number of benzene rings is 1. The monoisotopic (exact) mass is 370 g/mol. The topological polar surface area (TPSA) is 24.9 Å². The van der Waals surface area contributed by atoms with Gasteiger partial charge in [-0.25, -0.2) is 4.39 Å². The predicted molar refractivity (Wildman–Crippen MR) is 88.1 cm³/mol. The molecule has 112 valence electrons.